The summed E-state index contributed by atoms with van der Waals surface area (Å²) < 4.78 is 10.8. The molecule has 4 heteroatoms. The van der Waals surface area contributed by atoms with Crippen LogP contribution in [0, 0.1) is 0 Å². The lowest BCUT2D eigenvalue weighted by Crippen LogP contribution is -2.19. The quantitative estimate of drug-likeness (QED) is 0.839. The maximum atomic E-state index is 5.66. The second-order valence-electron chi connectivity index (χ2n) is 5.10. The third-order valence-corrected chi connectivity index (χ3v) is 3.09. The minimum Gasteiger partial charge on any atom is -0.492 e. The molecule has 4 nitrogen and oxygen atoms in total. The Kier molecular flexibility index (Phi) is 5.07. The van der Waals surface area contributed by atoms with E-state index >= 15 is 0 Å². The normalized spacial score (nSPS) is 12.4. The molecule has 0 saturated heterocycles. The first-order valence-corrected chi connectivity index (χ1v) is 6.81. The topological polar surface area (TPSA) is 37.6 Å². The SMILES string of the molecule is CC(Nc1ccc(OCCN(C)C)cc1)c1ccoc1. The molecule has 0 radical (unpaired) electrons. The Balaban J connectivity index is 1.85. The molecule has 1 aromatic carbocycles. The van der Waals surface area contributed by atoms with Crippen molar-refractivity contribution >= 4 is 5.69 Å². The highest BCUT2D eigenvalue weighted by Crippen LogP contribution is 2.21. The molecule has 0 spiro atoms. The van der Waals surface area contributed by atoms with E-state index in [2.05, 4.69) is 17.1 Å². The van der Waals surface area contributed by atoms with Crippen LogP contribution < -0.4 is 10.1 Å². The minimum atomic E-state index is 0.217. The average Bonchev–Trinajstić information content (AvgIpc) is 2.94. The van der Waals surface area contributed by atoms with Gasteiger partial charge < -0.3 is 19.4 Å². The lowest BCUT2D eigenvalue weighted by Gasteiger charge is -2.14. The van der Waals surface area contributed by atoms with E-state index in [-0.39, 0.29) is 6.04 Å². The van der Waals surface area contributed by atoms with Gasteiger partial charge in [0.1, 0.15) is 12.4 Å². The Bertz CT molecular complexity index is 492. The van der Waals surface area contributed by atoms with Gasteiger partial charge in [0.05, 0.1) is 18.6 Å². The largest absolute Gasteiger partial charge is 0.492 e. The molecule has 0 aliphatic rings. The van der Waals surface area contributed by atoms with Crippen molar-refractivity contribution in [3.63, 3.8) is 0 Å². The van der Waals surface area contributed by atoms with Crippen LogP contribution in [0.25, 0.3) is 0 Å². The van der Waals surface area contributed by atoms with Gasteiger partial charge in [0.15, 0.2) is 0 Å². The molecular weight excluding hydrogens is 252 g/mol. The summed E-state index contributed by atoms with van der Waals surface area (Å²) in [7, 11) is 4.07. The van der Waals surface area contributed by atoms with Crippen LogP contribution in [-0.2, 0) is 0 Å². The molecule has 0 amide bonds. The highest BCUT2D eigenvalue weighted by molar-refractivity contribution is 5.47. The summed E-state index contributed by atoms with van der Waals surface area (Å²) in [4.78, 5) is 2.10. The molecule has 1 heterocycles. The van der Waals surface area contributed by atoms with Gasteiger partial charge in [0, 0.05) is 17.8 Å². The minimum absolute atomic E-state index is 0.217. The molecule has 1 aromatic heterocycles. The number of ether oxygens (including phenoxy) is 1. The fourth-order valence-corrected chi connectivity index (χ4v) is 1.85. The molecule has 0 aliphatic carbocycles. The van der Waals surface area contributed by atoms with E-state index in [0.29, 0.717) is 6.61 Å². The zero-order valence-corrected chi connectivity index (χ0v) is 12.3. The zero-order valence-electron chi connectivity index (χ0n) is 12.3. The summed E-state index contributed by atoms with van der Waals surface area (Å²) in [6.07, 6.45) is 3.45. The summed E-state index contributed by atoms with van der Waals surface area (Å²) in [6, 6.07) is 10.2. The summed E-state index contributed by atoms with van der Waals surface area (Å²) in [5.74, 6) is 0.897. The van der Waals surface area contributed by atoms with Gasteiger partial charge >= 0.3 is 0 Å². The second-order valence-corrected chi connectivity index (χ2v) is 5.10. The number of likely N-dealkylation sites (N-methyl/N-ethyl adjacent to an activating group) is 1. The summed E-state index contributed by atoms with van der Waals surface area (Å²) in [5.41, 5.74) is 2.20. The molecule has 2 aromatic rings. The Morgan fingerprint density at radius 1 is 1.20 bits per heavy atom. The van der Waals surface area contributed by atoms with Crippen LogP contribution in [0.2, 0.25) is 0 Å². The maximum Gasteiger partial charge on any atom is 0.119 e. The Morgan fingerprint density at radius 3 is 2.55 bits per heavy atom. The van der Waals surface area contributed by atoms with Gasteiger partial charge in [-0.1, -0.05) is 0 Å². The van der Waals surface area contributed by atoms with E-state index in [4.69, 9.17) is 9.15 Å². The van der Waals surface area contributed by atoms with Gasteiger partial charge in [0.25, 0.3) is 0 Å². The maximum absolute atomic E-state index is 5.66. The van der Waals surface area contributed by atoms with Gasteiger partial charge in [-0.05, 0) is 51.4 Å². The van der Waals surface area contributed by atoms with Crippen LogP contribution >= 0.6 is 0 Å². The van der Waals surface area contributed by atoms with Gasteiger partial charge in [0.2, 0.25) is 0 Å². The molecule has 0 saturated carbocycles. The summed E-state index contributed by atoms with van der Waals surface area (Å²) >= 11 is 0. The Hall–Kier alpha value is -1.94. The second kappa shape index (κ2) is 7.01. The van der Waals surface area contributed by atoms with Crippen LogP contribution in [0.15, 0.2) is 47.3 Å². The van der Waals surface area contributed by atoms with E-state index in [1.165, 1.54) is 0 Å². The van der Waals surface area contributed by atoms with Crippen LogP contribution in [0.3, 0.4) is 0 Å². The molecule has 1 N–H and O–H groups in total. The number of rotatable bonds is 7. The zero-order chi connectivity index (χ0) is 14.4. The van der Waals surface area contributed by atoms with Crippen molar-refractivity contribution in [2.75, 3.05) is 32.6 Å². The smallest absolute Gasteiger partial charge is 0.119 e. The van der Waals surface area contributed by atoms with E-state index < -0.39 is 0 Å². The van der Waals surface area contributed by atoms with Gasteiger partial charge in [-0.15, -0.1) is 0 Å². The lowest BCUT2D eigenvalue weighted by atomic mass is 10.1. The van der Waals surface area contributed by atoms with Crippen molar-refractivity contribution in [3.8, 4) is 5.75 Å². The first-order valence-electron chi connectivity index (χ1n) is 6.81. The number of nitrogens with zero attached hydrogens (tertiary/aromatic N) is 1. The van der Waals surface area contributed by atoms with E-state index in [1.807, 2.05) is 44.4 Å². The van der Waals surface area contributed by atoms with Gasteiger partial charge in [-0.2, -0.15) is 0 Å². The molecule has 0 fully saturated rings. The molecule has 1 unspecified atom stereocenters. The number of anilines is 1. The van der Waals surface area contributed by atoms with Crippen molar-refractivity contribution in [3.05, 3.63) is 48.4 Å². The molecule has 20 heavy (non-hydrogen) atoms. The van der Waals surface area contributed by atoms with Crippen LogP contribution in [0.5, 0.6) is 5.75 Å². The third-order valence-electron chi connectivity index (χ3n) is 3.09. The first kappa shape index (κ1) is 14.5. The number of hydrogen-bond donors (Lipinski definition) is 1. The molecule has 0 bridgehead atoms. The van der Waals surface area contributed by atoms with Crippen molar-refractivity contribution in [2.45, 2.75) is 13.0 Å². The fraction of sp³-hybridized carbons (Fsp3) is 0.375. The van der Waals surface area contributed by atoms with Gasteiger partial charge in [-0.3, -0.25) is 0 Å². The standard InChI is InChI=1S/C16H22N2O2/c1-13(14-8-10-19-12-14)17-15-4-6-16(7-5-15)20-11-9-18(2)3/h4-8,10,12-13,17H,9,11H2,1-3H3. The highest BCUT2D eigenvalue weighted by Gasteiger charge is 2.06. The first-order chi connectivity index (χ1) is 9.65. The van der Waals surface area contributed by atoms with Crippen molar-refractivity contribution < 1.29 is 9.15 Å². The van der Waals surface area contributed by atoms with E-state index in [0.717, 1.165) is 23.5 Å². The van der Waals surface area contributed by atoms with Crippen molar-refractivity contribution in [1.29, 1.82) is 0 Å². The van der Waals surface area contributed by atoms with Crippen LogP contribution in [0.4, 0.5) is 5.69 Å². The number of nitrogens with one attached hydrogen (secondary N) is 1. The predicted molar refractivity (Wildman–Crippen MR) is 81.2 cm³/mol. The van der Waals surface area contributed by atoms with E-state index in [1.54, 1.807) is 12.5 Å². The third kappa shape index (κ3) is 4.31. The average molecular weight is 274 g/mol. The lowest BCUT2D eigenvalue weighted by molar-refractivity contribution is 0.261. The van der Waals surface area contributed by atoms with Crippen LogP contribution in [-0.4, -0.2) is 32.1 Å². The Morgan fingerprint density at radius 2 is 1.95 bits per heavy atom. The number of benzene rings is 1. The monoisotopic (exact) mass is 274 g/mol. The molecule has 2 rings (SSSR count). The fourth-order valence-electron chi connectivity index (χ4n) is 1.85. The predicted octanol–water partition coefficient (Wildman–Crippen LogP) is 3.39. The van der Waals surface area contributed by atoms with Crippen LogP contribution in [0.1, 0.15) is 18.5 Å². The number of hydrogen-bond acceptors (Lipinski definition) is 4. The number of furan rings is 1. The molecule has 1 atom stereocenters. The van der Waals surface area contributed by atoms with E-state index in [9.17, 15) is 0 Å². The Labute approximate surface area is 120 Å². The summed E-state index contributed by atoms with van der Waals surface area (Å²) in [5, 5.41) is 3.42. The molecular formula is C16H22N2O2. The van der Waals surface area contributed by atoms with Gasteiger partial charge in [-0.25, -0.2) is 0 Å². The summed E-state index contributed by atoms with van der Waals surface area (Å²) in [6.45, 7) is 3.72. The van der Waals surface area contributed by atoms with Crippen molar-refractivity contribution in [1.82, 2.24) is 4.90 Å². The van der Waals surface area contributed by atoms with Crippen molar-refractivity contribution in [2.24, 2.45) is 0 Å². The molecule has 108 valence electrons. The molecule has 0 aliphatic heterocycles. The highest BCUT2D eigenvalue weighted by atomic mass is 16.5.